The summed E-state index contributed by atoms with van der Waals surface area (Å²) < 4.78 is 4.89. The zero-order valence-corrected chi connectivity index (χ0v) is 10.6. The summed E-state index contributed by atoms with van der Waals surface area (Å²) in [4.78, 5) is 12.0. The van der Waals surface area contributed by atoms with Gasteiger partial charge in [0.25, 0.3) is 0 Å². The zero-order valence-electron chi connectivity index (χ0n) is 10.6. The lowest BCUT2D eigenvalue weighted by molar-refractivity contribution is -0.148. The van der Waals surface area contributed by atoms with Gasteiger partial charge in [0.15, 0.2) is 0 Å². The first-order chi connectivity index (χ1) is 8.06. The maximum atomic E-state index is 12.0. The molecule has 1 N–H and O–H groups in total. The summed E-state index contributed by atoms with van der Waals surface area (Å²) in [6, 6.07) is 7.78. The van der Waals surface area contributed by atoms with Crippen LogP contribution in [0.4, 0.5) is 0 Å². The van der Waals surface area contributed by atoms with Gasteiger partial charge in [-0.25, -0.2) is 4.79 Å². The Morgan fingerprint density at radius 3 is 2.71 bits per heavy atom. The van der Waals surface area contributed by atoms with Gasteiger partial charge in [-0.15, -0.1) is 6.58 Å². The average Bonchev–Trinajstić information content (AvgIpc) is 2.35. The molecule has 3 nitrogen and oxygen atoms in total. The summed E-state index contributed by atoms with van der Waals surface area (Å²) in [6.07, 6.45) is 1.72. The number of esters is 1. The molecule has 1 rings (SSSR count). The van der Waals surface area contributed by atoms with Crippen molar-refractivity contribution in [3.63, 3.8) is 0 Å². The van der Waals surface area contributed by atoms with E-state index >= 15 is 0 Å². The van der Waals surface area contributed by atoms with Gasteiger partial charge in [-0.1, -0.05) is 30.3 Å². The number of carbonyl (C=O) groups is 1. The van der Waals surface area contributed by atoms with Crippen LogP contribution in [0, 0.1) is 6.92 Å². The van der Waals surface area contributed by atoms with Gasteiger partial charge in [0.05, 0.1) is 7.11 Å². The summed E-state index contributed by atoms with van der Waals surface area (Å²) in [5, 5.41) is 3.16. The van der Waals surface area contributed by atoms with Crippen LogP contribution in [-0.2, 0) is 15.1 Å². The van der Waals surface area contributed by atoms with Crippen LogP contribution in [0.1, 0.15) is 18.1 Å². The molecule has 0 saturated carbocycles. The van der Waals surface area contributed by atoms with E-state index < -0.39 is 5.54 Å². The van der Waals surface area contributed by atoms with Crippen molar-refractivity contribution < 1.29 is 9.53 Å². The van der Waals surface area contributed by atoms with Crippen LogP contribution < -0.4 is 5.32 Å². The third-order valence-electron chi connectivity index (χ3n) is 2.88. The molecule has 0 aliphatic heterocycles. The predicted molar refractivity (Wildman–Crippen MR) is 68.7 cm³/mol. The fraction of sp³-hybridized carbons (Fsp3) is 0.357. The normalized spacial score (nSPS) is 13.8. The van der Waals surface area contributed by atoms with E-state index in [0.29, 0.717) is 6.54 Å². The zero-order chi connectivity index (χ0) is 12.9. The highest BCUT2D eigenvalue weighted by Gasteiger charge is 2.36. The summed E-state index contributed by atoms with van der Waals surface area (Å²) >= 11 is 0. The second-order valence-corrected chi connectivity index (χ2v) is 4.10. The first-order valence-electron chi connectivity index (χ1n) is 5.56. The van der Waals surface area contributed by atoms with Crippen molar-refractivity contribution in [1.82, 2.24) is 5.32 Å². The minimum absolute atomic E-state index is 0.298. The van der Waals surface area contributed by atoms with Gasteiger partial charge < -0.3 is 4.74 Å². The van der Waals surface area contributed by atoms with Crippen LogP contribution in [-0.4, -0.2) is 19.6 Å². The molecule has 1 atom stereocenters. The molecular weight excluding hydrogens is 214 g/mol. The van der Waals surface area contributed by atoms with Gasteiger partial charge in [0.1, 0.15) is 5.54 Å². The molecule has 92 valence electrons. The highest BCUT2D eigenvalue weighted by atomic mass is 16.5. The molecule has 0 aliphatic rings. The number of ether oxygens (including phenoxy) is 1. The van der Waals surface area contributed by atoms with Crippen LogP contribution in [0.3, 0.4) is 0 Å². The molecule has 0 bridgehead atoms. The van der Waals surface area contributed by atoms with E-state index in [1.54, 1.807) is 6.08 Å². The van der Waals surface area contributed by atoms with E-state index in [2.05, 4.69) is 11.9 Å². The number of hydrogen-bond donors (Lipinski definition) is 1. The second kappa shape index (κ2) is 5.64. The quantitative estimate of drug-likeness (QED) is 0.625. The second-order valence-electron chi connectivity index (χ2n) is 4.10. The number of carbonyl (C=O) groups excluding carboxylic acids is 1. The molecule has 0 fully saturated rings. The fourth-order valence-corrected chi connectivity index (χ4v) is 1.89. The number of nitrogens with one attached hydrogen (secondary N) is 1. The van der Waals surface area contributed by atoms with Crippen molar-refractivity contribution in [1.29, 1.82) is 0 Å². The molecule has 0 radical (unpaired) electrons. The molecule has 0 aromatic heterocycles. The van der Waals surface area contributed by atoms with Crippen LogP contribution in [0.5, 0.6) is 0 Å². The van der Waals surface area contributed by atoms with Crippen molar-refractivity contribution in [2.75, 3.05) is 13.7 Å². The van der Waals surface area contributed by atoms with E-state index in [1.165, 1.54) is 7.11 Å². The largest absolute Gasteiger partial charge is 0.467 e. The Morgan fingerprint density at radius 2 is 2.18 bits per heavy atom. The highest BCUT2D eigenvalue weighted by Crippen LogP contribution is 2.25. The van der Waals surface area contributed by atoms with E-state index in [0.717, 1.165) is 11.1 Å². The van der Waals surface area contributed by atoms with Crippen LogP contribution in [0.15, 0.2) is 36.9 Å². The number of benzene rings is 1. The molecular formula is C14H19NO2. The Hall–Kier alpha value is -1.61. The Labute approximate surface area is 102 Å². The van der Waals surface area contributed by atoms with E-state index in [4.69, 9.17) is 4.74 Å². The summed E-state index contributed by atoms with van der Waals surface area (Å²) in [5.74, 6) is -0.298. The third-order valence-corrected chi connectivity index (χ3v) is 2.88. The Morgan fingerprint density at radius 1 is 1.53 bits per heavy atom. The Balaban J connectivity index is 3.18. The monoisotopic (exact) mass is 233 g/mol. The van der Waals surface area contributed by atoms with Gasteiger partial charge in [-0.2, -0.15) is 0 Å². The van der Waals surface area contributed by atoms with Gasteiger partial charge in [-0.05, 0) is 25.0 Å². The lowest BCUT2D eigenvalue weighted by Gasteiger charge is -2.29. The summed E-state index contributed by atoms with van der Waals surface area (Å²) in [7, 11) is 1.40. The van der Waals surface area contributed by atoms with Gasteiger partial charge in [0, 0.05) is 6.54 Å². The minimum Gasteiger partial charge on any atom is -0.467 e. The smallest absolute Gasteiger partial charge is 0.330 e. The van der Waals surface area contributed by atoms with E-state index in [9.17, 15) is 4.79 Å². The van der Waals surface area contributed by atoms with Crippen LogP contribution in [0.2, 0.25) is 0 Å². The number of hydrogen-bond acceptors (Lipinski definition) is 3. The molecule has 1 aromatic carbocycles. The first-order valence-corrected chi connectivity index (χ1v) is 5.56. The first kappa shape index (κ1) is 13.5. The molecule has 0 spiro atoms. The Kier molecular flexibility index (Phi) is 4.46. The van der Waals surface area contributed by atoms with Crippen molar-refractivity contribution in [2.45, 2.75) is 19.4 Å². The van der Waals surface area contributed by atoms with Crippen molar-refractivity contribution in [2.24, 2.45) is 0 Å². The molecule has 1 aromatic rings. The van der Waals surface area contributed by atoms with Gasteiger partial charge in [-0.3, -0.25) is 5.32 Å². The molecule has 0 aliphatic carbocycles. The molecule has 0 heterocycles. The SMILES string of the molecule is C=CCNC(C)(C(=O)OC)c1ccccc1C. The number of methoxy groups -OCH3 is 1. The van der Waals surface area contributed by atoms with Crippen molar-refractivity contribution >= 4 is 5.97 Å². The topological polar surface area (TPSA) is 38.3 Å². The lowest BCUT2D eigenvalue weighted by atomic mass is 9.88. The molecule has 0 saturated heterocycles. The van der Waals surface area contributed by atoms with Crippen LogP contribution >= 0.6 is 0 Å². The number of rotatable bonds is 5. The number of aryl methyl sites for hydroxylation is 1. The lowest BCUT2D eigenvalue weighted by Crippen LogP contribution is -2.47. The maximum absolute atomic E-state index is 12.0. The summed E-state index contributed by atoms with van der Waals surface area (Å²) in [6.45, 7) is 7.99. The third kappa shape index (κ3) is 2.74. The average molecular weight is 233 g/mol. The molecule has 0 amide bonds. The maximum Gasteiger partial charge on any atom is 0.330 e. The van der Waals surface area contributed by atoms with E-state index in [-0.39, 0.29) is 5.97 Å². The predicted octanol–water partition coefficient (Wildman–Crippen LogP) is 2.16. The molecule has 17 heavy (non-hydrogen) atoms. The molecule has 1 unspecified atom stereocenters. The van der Waals surface area contributed by atoms with Crippen LogP contribution in [0.25, 0.3) is 0 Å². The van der Waals surface area contributed by atoms with Gasteiger partial charge >= 0.3 is 5.97 Å². The Bertz CT molecular complexity index is 414. The van der Waals surface area contributed by atoms with Crippen molar-refractivity contribution in [3.05, 3.63) is 48.0 Å². The van der Waals surface area contributed by atoms with E-state index in [1.807, 2.05) is 38.1 Å². The highest BCUT2D eigenvalue weighted by molar-refractivity contribution is 5.82. The summed E-state index contributed by atoms with van der Waals surface area (Å²) in [5.41, 5.74) is 1.14. The fourth-order valence-electron chi connectivity index (χ4n) is 1.89. The van der Waals surface area contributed by atoms with Crippen molar-refractivity contribution in [3.8, 4) is 0 Å². The van der Waals surface area contributed by atoms with Gasteiger partial charge in [0.2, 0.25) is 0 Å². The standard InChI is InChI=1S/C14H19NO2/c1-5-10-15-14(3,13(16)17-4)12-9-7-6-8-11(12)2/h5-9,15H,1,10H2,2-4H3. The minimum atomic E-state index is -0.839. The molecule has 3 heteroatoms.